The number of nitrogens with zero attached hydrogens (tertiary/aromatic N) is 3. The molecule has 0 saturated heterocycles. The van der Waals surface area contributed by atoms with Crippen LogP contribution >= 0.6 is 43.5 Å². The van der Waals surface area contributed by atoms with Gasteiger partial charge in [-0.1, -0.05) is 18.0 Å². The van der Waals surface area contributed by atoms with Gasteiger partial charge in [0.15, 0.2) is 0 Å². The van der Waals surface area contributed by atoms with Gasteiger partial charge in [-0.15, -0.1) is 0 Å². The molecule has 0 amide bonds. The first-order valence-corrected chi connectivity index (χ1v) is 9.04. The van der Waals surface area contributed by atoms with Gasteiger partial charge >= 0.3 is 0 Å². The quantitative estimate of drug-likeness (QED) is 0.681. The first-order valence-electron chi connectivity index (χ1n) is 7.07. The fourth-order valence-electron chi connectivity index (χ4n) is 3.19. The van der Waals surface area contributed by atoms with Crippen LogP contribution < -0.4 is 16.4 Å². The molecule has 0 radical (unpaired) electrons. The van der Waals surface area contributed by atoms with Gasteiger partial charge in [-0.3, -0.25) is 4.90 Å². The predicted molar refractivity (Wildman–Crippen MR) is 98.4 cm³/mol. The van der Waals surface area contributed by atoms with E-state index >= 15 is 0 Å². The average molecular weight is 450 g/mol. The van der Waals surface area contributed by atoms with E-state index < -0.39 is 5.66 Å². The van der Waals surface area contributed by atoms with Crippen molar-refractivity contribution in [2.45, 2.75) is 37.8 Å². The number of rotatable bonds is 1. The van der Waals surface area contributed by atoms with Crippen LogP contribution in [0.25, 0.3) is 0 Å². The zero-order valence-corrected chi connectivity index (χ0v) is 15.7. The van der Waals surface area contributed by atoms with Gasteiger partial charge in [0.05, 0.1) is 5.69 Å². The lowest BCUT2D eigenvalue weighted by atomic mass is 9.87. The molecule has 3 rings (SSSR count). The fourth-order valence-corrected chi connectivity index (χ4v) is 5.22. The monoisotopic (exact) mass is 447 g/mol. The van der Waals surface area contributed by atoms with Crippen LogP contribution in [-0.2, 0) is 0 Å². The fraction of sp³-hybridized carbons (Fsp3) is 0.429. The van der Waals surface area contributed by atoms with Gasteiger partial charge in [0, 0.05) is 14.0 Å². The smallest absolute Gasteiger partial charge is 0.220 e. The molecule has 0 atom stereocenters. The third-order valence-corrected chi connectivity index (χ3v) is 5.48. The Morgan fingerprint density at radius 3 is 2.27 bits per heavy atom. The topological polar surface area (TPSA) is 80.0 Å². The summed E-state index contributed by atoms with van der Waals surface area (Å²) >= 11 is 13.3. The molecule has 2 aliphatic rings. The zero-order valence-electron chi connectivity index (χ0n) is 11.8. The Balaban J connectivity index is 2.16. The van der Waals surface area contributed by atoms with Crippen molar-refractivity contribution >= 4 is 61.1 Å². The Labute approximate surface area is 151 Å². The number of anilines is 1. The van der Waals surface area contributed by atoms with E-state index in [0.29, 0.717) is 11.0 Å². The number of aliphatic imine (C=N–C) groups is 2. The summed E-state index contributed by atoms with van der Waals surface area (Å²) in [5, 5.41) is 0.635. The molecule has 1 fully saturated rings. The maximum atomic E-state index is 6.22. The molecule has 4 N–H and O–H groups in total. The molecule has 118 valence electrons. The molecule has 0 bridgehead atoms. The Kier molecular flexibility index (Phi) is 4.40. The first-order chi connectivity index (χ1) is 10.4. The summed E-state index contributed by atoms with van der Waals surface area (Å²) in [5.74, 6) is 0.606. The average Bonchev–Trinajstić information content (AvgIpc) is 2.41. The number of hydrogen-bond donors (Lipinski definition) is 2. The summed E-state index contributed by atoms with van der Waals surface area (Å²) in [6.07, 6.45) is 5.16. The second-order valence-corrected chi connectivity index (χ2v) is 7.68. The number of benzene rings is 1. The van der Waals surface area contributed by atoms with E-state index in [2.05, 4.69) is 41.8 Å². The summed E-state index contributed by atoms with van der Waals surface area (Å²) in [7, 11) is 0. The lowest BCUT2D eigenvalue weighted by Crippen LogP contribution is -2.58. The molecule has 0 aromatic heterocycles. The maximum absolute atomic E-state index is 6.22. The largest absolute Gasteiger partial charge is 0.369 e. The van der Waals surface area contributed by atoms with Crippen LogP contribution in [-0.4, -0.2) is 17.6 Å². The number of halogens is 3. The van der Waals surface area contributed by atoms with Crippen molar-refractivity contribution in [3.8, 4) is 0 Å². The van der Waals surface area contributed by atoms with E-state index in [1.165, 1.54) is 6.42 Å². The van der Waals surface area contributed by atoms with Crippen molar-refractivity contribution in [2.24, 2.45) is 21.5 Å². The highest BCUT2D eigenvalue weighted by molar-refractivity contribution is 9.11. The summed E-state index contributed by atoms with van der Waals surface area (Å²) < 4.78 is 1.68. The van der Waals surface area contributed by atoms with E-state index in [9.17, 15) is 0 Å². The normalized spacial score (nSPS) is 20.8. The predicted octanol–water partition coefficient (Wildman–Crippen LogP) is 3.97. The minimum atomic E-state index is -0.465. The molecule has 1 saturated carbocycles. The van der Waals surface area contributed by atoms with Crippen molar-refractivity contribution in [1.29, 1.82) is 0 Å². The molecule has 0 unspecified atom stereocenters. The van der Waals surface area contributed by atoms with Crippen LogP contribution in [0.5, 0.6) is 0 Å². The Hall–Kier alpha value is -0.790. The van der Waals surface area contributed by atoms with Crippen LogP contribution in [0.2, 0.25) is 5.02 Å². The standard InChI is InChI=1S/C14H16Br2ClN5/c15-9-6-8(17)7-10(16)11(9)22-13(19)20-12(18)21-14(22)4-2-1-3-5-14/h6-7H,1-5H2,(H4,18,19,20,21). The van der Waals surface area contributed by atoms with Crippen molar-refractivity contribution in [3.05, 3.63) is 26.1 Å². The first kappa shape index (κ1) is 16.1. The van der Waals surface area contributed by atoms with Gasteiger partial charge in [0.2, 0.25) is 11.9 Å². The zero-order chi connectivity index (χ0) is 15.9. The van der Waals surface area contributed by atoms with Crippen molar-refractivity contribution < 1.29 is 0 Å². The van der Waals surface area contributed by atoms with Crippen LogP contribution in [0, 0.1) is 0 Å². The molecule has 1 heterocycles. The van der Waals surface area contributed by atoms with Crippen LogP contribution in [0.15, 0.2) is 31.1 Å². The minimum Gasteiger partial charge on any atom is -0.369 e. The van der Waals surface area contributed by atoms with Gasteiger partial charge in [0.25, 0.3) is 0 Å². The second kappa shape index (κ2) is 6.02. The third kappa shape index (κ3) is 2.74. The maximum Gasteiger partial charge on any atom is 0.220 e. The van der Waals surface area contributed by atoms with Crippen molar-refractivity contribution in [2.75, 3.05) is 4.90 Å². The van der Waals surface area contributed by atoms with E-state index in [0.717, 1.165) is 40.3 Å². The number of nitrogens with two attached hydrogens (primary N) is 2. The third-order valence-electron chi connectivity index (χ3n) is 4.06. The van der Waals surface area contributed by atoms with E-state index in [4.69, 9.17) is 23.1 Å². The molecule has 1 aromatic carbocycles. The van der Waals surface area contributed by atoms with E-state index in [-0.39, 0.29) is 5.96 Å². The molecular formula is C14H16Br2ClN5. The van der Waals surface area contributed by atoms with Gasteiger partial charge in [-0.2, -0.15) is 4.99 Å². The van der Waals surface area contributed by atoms with Crippen LogP contribution in [0.4, 0.5) is 5.69 Å². The van der Waals surface area contributed by atoms with E-state index in [1.54, 1.807) is 0 Å². The van der Waals surface area contributed by atoms with Gasteiger partial charge < -0.3 is 11.5 Å². The molecule has 1 aliphatic heterocycles. The molecule has 5 nitrogen and oxygen atoms in total. The molecule has 8 heteroatoms. The van der Waals surface area contributed by atoms with Crippen LogP contribution in [0.1, 0.15) is 32.1 Å². The summed E-state index contributed by atoms with van der Waals surface area (Å²) in [4.78, 5) is 10.8. The highest BCUT2D eigenvalue weighted by Gasteiger charge is 2.43. The summed E-state index contributed by atoms with van der Waals surface area (Å²) in [5.41, 5.74) is 12.5. The Bertz CT molecular complexity index is 644. The van der Waals surface area contributed by atoms with Crippen molar-refractivity contribution in [1.82, 2.24) is 0 Å². The molecule has 1 aromatic rings. The minimum absolute atomic E-state index is 0.247. The van der Waals surface area contributed by atoms with Crippen LogP contribution in [0.3, 0.4) is 0 Å². The lowest BCUT2D eigenvalue weighted by Gasteiger charge is -2.46. The van der Waals surface area contributed by atoms with Gasteiger partial charge in [-0.05, 0) is 69.7 Å². The van der Waals surface area contributed by atoms with E-state index in [1.807, 2.05) is 17.0 Å². The molecular weight excluding hydrogens is 433 g/mol. The summed E-state index contributed by atoms with van der Waals surface area (Å²) in [6.45, 7) is 0. The SMILES string of the molecule is NC1=NC2(CCCCC2)N(c2c(Br)cc(Cl)cc2Br)C(N)=N1. The highest BCUT2D eigenvalue weighted by atomic mass is 79.9. The van der Waals surface area contributed by atoms with Gasteiger partial charge in [0.1, 0.15) is 5.66 Å². The summed E-state index contributed by atoms with van der Waals surface area (Å²) in [6, 6.07) is 3.68. The lowest BCUT2D eigenvalue weighted by molar-refractivity contribution is 0.305. The second-order valence-electron chi connectivity index (χ2n) is 5.54. The Morgan fingerprint density at radius 1 is 1.09 bits per heavy atom. The molecule has 1 spiro atoms. The number of guanidine groups is 2. The number of hydrogen-bond acceptors (Lipinski definition) is 5. The van der Waals surface area contributed by atoms with Gasteiger partial charge in [-0.25, -0.2) is 4.99 Å². The molecule has 22 heavy (non-hydrogen) atoms. The molecule has 1 aliphatic carbocycles. The Morgan fingerprint density at radius 2 is 1.68 bits per heavy atom. The van der Waals surface area contributed by atoms with Crippen molar-refractivity contribution in [3.63, 3.8) is 0 Å². The highest BCUT2D eigenvalue weighted by Crippen LogP contribution is 2.45.